The van der Waals surface area contributed by atoms with Crippen LogP contribution in [-0.4, -0.2) is 49.2 Å². The van der Waals surface area contributed by atoms with Crippen LogP contribution in [0.2, 0.25) is 0 Å². The molecule has 0 aromatic heterocycles. The topological polar surface area (TPSA) is 79.0 Å². The van der Waals surface area contributed by atoms with Gasteiger partial charge < -0.3 is 10.1 Å². The number of hydrogen-bond acceptors (Lipinski definition) is 4. The van der Waals surface area contributed by atoms with Gasteiger partial charge in [0.15, 0.2) is 0 Å². The molecule has 1 saturated heterocycles. The van der Waals surface area contributed by atoms with Crippen molar-refractivity contribution in [2.24, 2.45) is 0 Å². The fourth-order valence-electron chi connectivity index (χ4n) is 3.18. The van der Waals surface area contributed by atoms with E-state index in [4.69, 9.17) is 4.74 Å². The summed E-state index contributed by atoms with van der Waals surface area (Å²) in [6, 6.07) is 12.8. The first kappa shape index (κ1) is 21.2. The molecule has 1 aliphatic heterocycles. The van der Waals surface area contributed by atoms with E-state index in [0.29, 0.717) is 36.6 Å². The van der Waals surface area contributed by atoms with Gasteiger partial charge in [-0.2, -0.15) is 17.0 Å². The van der Waals surface area contributed by atoms with Gasteiger partial charge in [-0.05, 0) is 43.2 Å². The molecule has 1 fully saturated rings. The fourth-order valence-corrected chi connectivity index (χ4v) is 4.82. The summed E-state index contributed by atoms with van der Waals surface area (Å²) in [6.07, 6.45) is 0.581. The summed E-state index contributed by atoms with van der Waals surface area (Å²) in [4.78, 5) is 12.5. The molecule has 0 saturated carbocycles. The van der Waals surface area contributed by atoms with Gasteiger partial charge in [0, 0.05) is 19.6 Å². The highest BCUT2D eigenvalue weighted by molar-refractivity contribution is 7.86. The first-order chi connectivity index (χ1) is 13.9. The number of nitrogens with one attached hydrogen (secondary N) is 1. The van der Waals surface area contributed by atoms with E-state index < -0.39 is 21.9 Å². The lowest BCUT2D eigenvalue weighted by molar-refractivity contribution is -0.116. The second kappa shape index (κ2) is 9.34. The quantitative estimate of drug-likeness (QED) is 0.745. The van der Waals surface area contributed by atoms with Crippen molar-refractivity contribution in [1.29, 1.82) is 0 Å². The zero-order chi connectivity index (χ0) is 20.9. The highest BCUT2D eigenvalue weighted by Gasteiger charge is 2.34. The van der Waals surface area contributed by atoms with Gasteiger partial charge in [0.1, 0.15) is 11.6 Å². The van der Waals surface area contributed by atoms with Crippen molar-refractivity contribution in [2.45, 2.75) is 19.9 Å². The maximum absolute atomic E-state index is 13.4. The number of carbonyl (C=O) groups is 1. The van der Waals surface area contributed by atoms with Gasteiger partial charge in [-0.3, -0.25) is 4.79 Å². The maximum Gasteiger partial charge on any atom is 0.282 e. The van der Waals surface area contributed by atoms with Crippen LogP contribution in [-0.2, 0) is 21.5 Å². The molecule has 0 aliphatic carbocycles. The van der Waals surface area contributed by atoms with E-state index in [9.17, 15) is 17.6 Å². The largest absolute Gasteiger partial charge is 0.492 e. The van der Waals surface area contributed by atoms with E-state index >= 15 is 0 Å². The Bertz CT molecular complexity index is 968. The second-order valence-corrected chi connectivity index (χ2v) is 8.56. The molecule has 0 bridgehead atoms. The molecule has 3 rings (SSSR count). The minimum absolute atomic E-state index is 0.0609. The molecular formula is C20H24FN3O4S. The number of hydrogen-bond donors (Lipinski definition) is 1. The lowest BCUT2D eigenvalue weighted by Crippen LogP contribution is -2.51. The predicted molar refractivity (Wildman–Crippen MR) is 108 cm³/mol. The van der Waals surface area contributed by atoms with Crippen LogP contribution in [0.4, 0.5) is 10.1 Å². The van der Waals surface area contributed by atoms with Crippen LogP contribution in [0.25, 0.3) is 0 Å². The summed E-state index contributed by atoms with van der Waals surface area (Å²) in [7, 11) is -3.83. The van der Waals surface area contributed by atoms with Crippen molar-refractivity contribution in [1.82, 2.24) is 8.61 Å². The monoisotopic (exact) mass is 421 g/mol. The Balaban J connectivity index is 1.68. The van der Waals surface area contributed by atoms with Gasteiger partial charge in [-0.1, -0.05) is 24.3 Å². The highest BCUT2D eigenvalue weighted by Crippen LogP contribution is 2.24. The molecule has 7 nitrogen and oxygen atoms in total. The van der Waals surface area contributed by atoms with Crippen LogP contribution in [0, 0.1) is 5.82 Å². The van der Waals surface area contributed by atoms with Gasteiger partial charge in [0.05, 0.1) is 18.8 Å². The molecule has 0 spiro atoms. The van der Waals surface area contributed by atoms with Crippen LogP contribution in [0.15, 0.2) is 48.5 Å². The van der Waals surface area contributed by atoms with Crippen molar-refractivity contribution < 1.29 is 22.3 Å². The number of ether oxygens (including phenoxy) is 1. The molecule has 1 amide bonds. The summed E-state index contributed by atoms with van der Waals surface area (Å²) in [5.74, 6) is -0.341. The number of amides is 1. The summed E-state index contributed by atoms with van der Waals surface area (Å²) < 4.78 is 47.1. The molecule has 2 aromatic carbocycles. The molecule has 0 unspecified atom stereocenters. The molecule has 29 heavy (non-hydrogen) atoms. The third-order valence-electron chi connectivity index (χ3n) is 4.50. The van der Waals surface area contributed by atoms with E-state index in [1.54, 1.807) is 36.4 Å². The molecule has 0 atom stereocenters. The van der Waals surface area contributed by atoms with Gasteiger partial charge in [-0.15, -0.1) is 0 Å². The summed E-state index contributed by atoms with van der Waals surface area (Å²) >= 11 is 0. The number of carbonyl (C=O) groups excluding carboxylic acids is 1. The summed E-state index contributed by atoms with van der Waals surface area (Å²) in [6.45, 7) is 2.62. The number of rotatable bonds is 7. The molecule has 156 valence electrons. The van der Waals surface area contributed by atoms with Crippen molar-refractivity contribution in [3.8, 4) is 5.75 Å². The Hall–Kier alpha value is -2.49. The van der Waals surface area contributed by atoms with Gasteiger partial charge in [-0.25, -0.2) is 4.39 Å². The van der Waals surface area contributed by atoms with E-state index in [0.717, 1.165) is 4.31 Å². The third kappa shape index (κ3) is 5.31. The molecule has 1 N–H and O–H groups in total. The maximum atomic E-state index is 13.4. The molecule has 2 aromatic rings. The highest BCUT2D eigenvalue weighted by atomic mass is 32.2. The third-order valence-corrected chi connectivity index (χ3v) is 6.43. The normalized spacial score (nSPS) is 17.0. The van der Waals surface area contributed by atoms with Crippen LogP contribution in [0.1, 0.15) is 18.9 Å². The summed E-state index contributed by atoms with van der Waals surface area (Å²) in [5, 5.41) is 2.71. The van der Waals surface area contributed by atoms with Gasteiger partial charge in [0.2, 0.25) is 5.91 Å². The van der Waals surface area contributed by atoms with Crippen molar-refractivity contribution >= 4 is 21.8 Å². The number of para-hydroxylation sites is 2. The smallest absolute Gasteiger partial charge is 0.282 e. The average Bonchev–Trinajstić information content (AvgIpc) is 2.67. The van der Waals surface area contributed by atoms with Crippen molar-refractivity contribution in [2.75, 3.05) is 31.6 Å². The fraction of sp³-hybridized carbons (Fsp3) is 0.350. The number of nitrogens with zero attached hydrogens (tertiary/aromatic N) is 2. The van der Waals surface area contributed by atoms with E-state index in [2.05, 4.69) is 5.32 Å². The lowest BCUT2D eigenvalue weighted by atomic mass is 10.2. The van der Waals surface area contributed by atoms with Crippen LogP contribution in [0.5, 0.6) is 5.75 Å². The Kier molecular flexibility index (Phi) is 6.83. The van der Waals surface area contributed by atoms with Gasteiger partial charge >= 0.3 is 0 Å². The van der Waals surface area contributed by atoms with Crippen molar-refractivity contribution in [3.05, 3.63) is 59.9 Å². The Morgan fingerprint density at radius 2 is 1.90 bits per heavy atom. The molecule has 0 radical (unpaired) electrons. The lowest BCUT2D eigenvalue weighted by Gasteiger charge is -2.34. The summed E-state index contributed by atoms with van der Waals surface area (Å²) in [5.41, 5.74) is 1.05. The number of halogens is 1. The Labute approximate surface area is 170 Å². The Morgan fingerprint density at radius 3 is 2.66 bits per heavy atom. The minimum atomic E-state index is -3.83. The van der Waals surface area contributed by atoms with E-state index in [-0.39, 0.29) is 19.6 Å². The minimum Gasteiger partial charge on any atom is -0.492 e. The van der Waals surface area contributed by atoms with Gasteiger partial charge in [0.25, 0.3) is 10.2 Å². The Morgan fingerprint density at radius 1 is 1.14 bits per heavy atom. The molecule has 1 heterocycles. The van der Waals surface area contributed by atoms with Crippen molar-refractivity contribution in [3.63, 3.8) is 0 Å². The van der Waals surface area contributed by atoms with E-state index in [1.807, 2.05) is 6.92 Å². The standard InChI is InChI=1S/C20H24FN3O4S/c1-2-28-19-10-4-3-9-18(19)22-20(25)15-24-12-6-11-23(29(24,26)27)14-16-7-5-8-17(21)13-16/h3-5,7-10,13H,2,6,11-12,14-15H2,1H3,(H,22,25). The van der Waals surface area contributed by atoms with Crippen LogP contribution >= 0.6 is 0 Å². The zero-order valence-electron chi connectivity index (χ0n) is 16.2. The van der Waals surface area contributed by atoms with Crippen LogP contribution in [0.3, 0.4) is 0 Å². The zero-order valence-corrected chi connectivity index (χ0v) is 17.0. The first-order valence-corrected chi connectivity index (χ1v) is 10.8. The van der Waals surface area contributed by atoms with E-state index in [1.165, 1.54) is 16.4 Å². The molecule has 1 aliphatic rings. The molecular weight excluding hydrogens is 397 g/mol. The molecule has 9 heteroatoms. The number of anilines is 1. The number of benzene rings is 2. The average molecular weight is 421 g/mol. The SMILES string of the molecule is CCOc1ccccc1NC(=O)CN1CCCN(Cc2cccc(F)c2)S1(=O)=O. The predicted octanol–water partition coefficient (Wildman–Crippen LogP) is 2.62. The van der Waals surface area contributed by atoms with Crippen LogP contribution < -0.4 is 10.1 Å². The first-order valence-electron chi connectivity index (χ1n) is 9.41. The second-order valence-electron chi connectivity index (χ2n) is 6.64.